The Labute approximate surface area is 121 Å². The van der Waals surface area contributed by atoms with Gasteiger partial charge in [0, 0.05) is 25.3 Å². The zero-order valence-corrected chi connectivity index (χ0v) is 12.2. The van der Waals surface area contributed by atoms with E-state index in [4.69, 9.17) is 9.47 Å². The second kappa shape index (κ2) is 7.74. The van der Waals surface area contributed by atoms with Crippen LogP contribution < -0.4 is 5.32 Å². The van der Waals surface area contributed by atoms with Gasteiger partial charge in [-0.3, -0.25) is 0 Å². The number of nitrogens with one attached hydrogen (secondary N) is 1. The Hall–Kier alpha value is -0.940. The number of hydrogen-bond donors (Lipinski definition) is 2. The van der Waals surface area contributed by atoms with Crippen LogP contribution in [0.25, 0.3) is 0 Å². The average Bonchev–Trinajstić information content (AvgIpc) is 2.47. The molecule has 0 saturated carbocycles. The van der Waals surface area contributed by atoms with E-state index >= 15 is 0 Å². The molecule has 0 aliphatic carbocycles. The van der Waals surface area contributed by atoms with E-state index in [0.717, 1.165) is 31.6 Å². The summed E-state index contributed by atoms with van der Waals surface area (Å²) in [5.41, 5.74) is 1.21. The number of hydrogen-bond acceptors (Lipinski definition) is 4. The monoisotopic (exact) mass is 279 g/mol. The second-order valence-corrected chi connectivity index (χ2v) is 5.71. The van der Waals surface area contributed by atoms with Gasteiger partial charge in [-0.25, -0.2) is 0 Å². The highest BCUT2D eigenvalue weighted by Gasteiger charge is 2.27. The van der Waals surface area contributed by atoms with Crippen molar-refractivity contribution in [1.82, 2.24) is 5.32 Å². The SMILES string of the molecule is CC1(NCC(O)COCc2ccccc2)CCOCC1. The van der Waals surface area contributed by atoms with Crippen LogP contribution in [0.4, 0.5) is 0 Å². The van der Waals surface area contributed by atoms with Crippen molar-refractivity contribution in [3.8, 4) is 0 Å². The van der Waals surface area contributed by atoms with Gasteiger partial charge in [-0.15, -0.1) is 0 Å². The maximum Gasteiger partial charge on any atom is 0.0898 e. The highest BCUT2D eigenvalue weighted by molar-refractivity contribution is 5.13. The molecule has 1 aromatic carbocycles. The third-order valence-corrected chi connectivity index (χ3v) is 3.78. The van der Waals surface area contributed by atoms with Gasteiger partial charge in [0.1, 0.15) is 0 Å². The fourth-order valence-electron chi connectivity index (χ4n) is 2.31. The molecule has 0 amide bonds. The molecule has 1 aliphatic heterocycles. The predicted molar refractivity (Wildman–Crippen MR) is 78.6 cm³/mol. The van der Waals surface area contributed by atoms with Crippen molar-refractivity contribution in [1.29, 1.82) is 0 Å². The Bertz CT molecular complexity index is 377. The van der Waals surface area contributed by atoms with Crippen molar-refractivity contribution in [3.05, 3.63) is 35.9 Å². The van der Waals surface area contributed by atoms with E-state index < -0.39 is 6.10 Å². The van der Waals surface area contributed by atoms with Crippen LogP contribution in [0.5, 0.6) is 0 Å². The first-order valence-corrected chi connectivity index (χ1v) is 7.30. The minimum Gasteiger partial charge on any atom is -0.389 e. The van der Waals surface area contributed by atoms with E-state index in [1.165, 1.54) is 0 Å². The zero-order chi connectivity index (χ0) is 14.3. The molecule has 2 rings (SSSR count). The van der Waals surface area contributed by atoms with Crippen LogP contribution in [0.2, 0.25) is 0 Å². The Kier molecular flexibility index (Phi) is 5.98. The Morgan fingerprint density at radius 2 is 2.00 bits per heavy atom. The van der Waals surface area contributed by atoms with Gasteiger partial charge >= 0.3 is 0 Å². The maximum atomic E-state index is 9.95. The summed E-state index contributed by atoms with van der Waals surface area (Å²) in [6.45, 7) is 5.24. The maximum absolute atomic E-state index is 9.95. The molecular formula is C16H25NO3. The van der Waals surface area contributed by atoms with E-state index in [9.17, 15) is 5.11 Å². The molecule has 1 atom stereocenters. The molecule has 1 aliphatic rings. The van der Waals surface area contributed by atoms with Crippen molar-refractivity contribution in [2.45, 2.75) is 38.0 Å². The van der Waals surface area contributed by atoms with E-state index in [1.807, 2.05) is 30.3 Å². The number of β-amino-alcohol motifs (C(OH)–C–C–N with tert-alkyl or cyclic N) is 1. The standard InChI is InChI=1S/C16H25NO3/c1-16(7-9-19-10-8-16)17-11-15(18)13-20-12-14-5-3-2-4-6-14/h2-6,15,17-18H,7-13H2,1H3. The van der Waals surface area contributed by atoms with Crippen LogP contribution >= 0.6 is 0 Å². The third kappa shape index (κ3) is 5.21. The summed E-state index contributed by atoms with van der Waals surface area (Å²) in [4.78, 5) is 0. The lowest BCUT2D eigenvalue weighted by Crippen LogP contribution is -2.49. The van der Waals surface area contributed by atoms with Crippen LogP contribution in [-0.2, 0) is 16.1 Å². The van der Waals surface area contributed by atoms with Gasteiger partial charge in [-0.1, -0.05) is 30.3 Å². The fraction of sp³-hybridized carbons (Fsp3) is 0.625. The van der Waals surface area contributed by atoms with Crippen molar-refractivity contribution in [2.75, 3.05) is 26.4 Å². The molecule has 0 spiro atoms. The smallest absolute Gasteiger partial charge is 0.0898 e. The van der Waals surface area contributed by atoms with Crippen molar-refractivity contribution >= 4 is 0 Å². The summed E-state index contributed by atoms with van der Waals surface area (Å²) < 4.78 is 10.9. The molecule has 1 heterocycles. The Balaban J connectivity index is 1.61. The molecular weight excluding hydrogens is 254 g/mol. The molecule has 2 N–H and O–H groups in total. The molecule has 4 nitrogen and oxygen atoms in total. The molecule has 1 aromatic rings. The summed E-state index contributed by atoms with van der Waals surface area (Å²) in [7, 11) is 0. The zero-order valence-electron chi connectivity index (χ0n) is 12.2. The highest BCUT2D eigenvalue weighted by atomic mass is 16.5. The summed E-state index contributed by atoms with van der Waals surface area (Å²) >= 11 is 0. The molecule has 1 saturated heterocycles. The van der Waals surface area contributed by atoms with E-state index in [1.54, 1.807) is 0 Å². The average molecular weight is 279 g/mol. The normalized spacial score (nSPS) is 19.7. The van der Waals surface area contributed by atoms with Gasteiger partial charge in [0.2, 0.25) is 0 Å². The predicted octanol–water partition coefficient (Wildman–Crippen LogP) is 1.72. The molecule has 0 aromatic heterocycles. The minimum absolute atomic E-state index is 0.0820. The summed E-state index contributed by atoms with van der Waals surface area (Å²) in [6.07, 6.45) is 1.51. The summed E-state index contributed by atoms with van der Waals surface area (Å²) in [5, 5.41) is 13.4. The number of aliphatic hydroxyl groups excluding tert-OH is 1. The first kappa shape index (κ1) is 15.4. The molecule has 1 unspecified atom stereocenters. The Morgan fingerprint density at radius 3 is 2.70 bits per heavy atom. The second-order valence-electron chi connectivity index (χ2n) is 5.71. The molecule has 4 heteroatoms. The summed E-state index contributed by atoms with van der Waals surface area (Å²) in [5.74, 6) is 0. The molecule has 0 bridgehead atoms. The van der Waals surface area contributed by atoms with Gasteiger partial charge in [0.25, 0.3) is 0 Å². The van der Waals surface area contributed by atoms with Crippen LogP contribution in [0.3, 0.4) is 0 Å². The van der Waals surface area contributed by atoms with E-state index in [-0.39, 0.29) is 5.54 Å². The lowest BCUT2D eigenvalue weighted by atomic mass is 9.92. The van der Waals surface area contributed by atoms with Crippen molar-refractivity contribution in [2.24, 2.45) is 0 Å². The molecule has 20 heavy (non-hydrogen) atoms. The van der Waals surface area contributed by atoms with Crippen LogP contribution in [0.15, 0.2) is 30.3 Å². The summed E-state index contributed by atoms with van der Waals surface area (Å²) in [6, 6.07) is 10.0. The van der Waals surface area contributed by atoms with Gasteiger partial charge in [-0.2, -0.15) is 0 Å². The minimum atomic E-state index is -0.474. The van der Waals surface area contributed by atoms with Crippen LogP contribution in [0.1, 0.15) is 25.3 Å². The topological polar surface area (TPSA) is 50.7 Å². The molecule has 112 valence electrons. The first-order valence-electron chi connectivity index (χ1n) is 7.30. The lowest BCUT2D eigenvalue weighted by molar-refractivity contribution is 0.0117. The lowest BCUT2D eigenvalue weighted by Gasteiger charge is -2.35. The number of ether oxygens (including phenoxy) is 2. The van der Waals surface area contributed by atoms with Gasteiger partial charge in [-0.05, 0) is 25.3 Å². The number of aliphatic hydroxyl groups is 1. The number of benzene rings is 1. The quantitative estimate of drug-likeness (QED) is 0.798. The Morgan fingerprint density at radius 1 is 1.30 bits per heavy atom. The van der Waals surface area contributed by atoms with Crippen LogP contribution in [-0.4, -0.2) is 43.1 Å². The van der Waals surface area contributed by atoms with Crippen molar-refractivity contribution in [3.63, 3.8) is 0 Å². The molecule has 0 radical (unpaired) electrons. The number of rotatable bonds is 7. The highest BCUT2D eigenvalue weighted by Crippen LogP contribution is 2.19. The van der Waals surface area contributed by atoms with Gasteiger partial charge in [0.05, 0.1) is 19.3 Å². The van der Waals surface area contributed by atoms with Gasteiger partial charge in [0.15, 0.2) is 0 Å². The van der Waals surface area contributed by atoms with E-state index in [0.29, 0.717) is 19.8 Å². The third-order valence-electron chi connectivity index (χ3n) is 3.78. The fourth-order valence-corrected chi connectivity index (χ4v) is 2.31. The van der Waals surface area contributed by atoms with Crippen LogP contribution in [0, 0.1) is 0 Å². The van der Waals surface area contributed by atoms with E-state index in [2.05, 4.69) is 12.2 Å². The van der Waals surface area contributed by atoms with Crippen molar-refractivity contribution < 1.29 is 14.6 Å². The largest absolute Gasteiger partial charge is 0.389 e. The van der Waals surface area contributed by atoms with Gasteiger partial charge < -0.3 is 19.9 Å². The first-order chi connectivity index (χ1) is 9.68. The molecule has 1 fully saturated rings.